The van der Waals surface area contributed by atoms with Gasteiger partial charge in [0, 0.05) is 39.2 Å². The van der Waals surface area contributed by atoms with E-state index in [2.05, 4.69) is 5.32 Å². The van der Waals surface area contributed by atoms with Gasteiger partial charge in [-0.05, 0) is 31.9 Å². The number of aromatic nitrogens is 1. The van der Waals surface area contributed by atoms with E-state index in [1.54, 1.807) is 6.92 Å². The van der Waals surface area contributed by atoms with E-state index in [-0.39, 0.29) is 23.8 Å². The van der Waals surface area contributed by atoms with Gasteiger partial charge in [-0.15, -0.1) is 0 Å². The maximum absolute atomic E-state index is 12.8. The first kappa shape index (κ1) is 17.9. The van der Waals surface area contributed by atoms with Crippen molar-refractivity contribution in [2.75, 3.05) is 19.7 Å². The van der Waals surface area contributed by atoms with Crippen LogP contribution in [-0.4, -0.2) is 63.8 Å². The van der Waals surface area contributed by atoms with Crippen LogP contribution >= 0.6 is 0 Å². The normalized spacial score (nSPS) is 32.6. The molecule has 0 aromatic carbocycles. The molecule has 25 heavy (non-hydrogen) atoms. The first-order valence-electron chi connectivity index (χ1n) is 8.79. The predicted octanol–water partition coefficient (Wildman–Crippen LogP) is 0.532. The summed E-state index contributed by atoms with van der Waals surface area (Å²) in [4.78, 5) is 26.0. The van der Waals surface area contributed by atoms with Crippen LogP contribution in [-0.2, 0) is 16.6 Å². The third-order valence-electron chi connectivity index (χ3n) is 5.39. The van der Waals surface area contributed by atoms with Gasteiger partial charge < -0.3 is 24.6 Å². The number of carbonyl (C=O) groups is 2. The number of rotatable bonds is 2. The SMILES string of the molecule is CC(=O)N[C@@H]1CO[C@@H]2CCN(C(=O)c3cccn3C)C[C@@H]2C[C@@]1(C)O. The molecule has 2 fully saturated rings. The molecule has 1 aromatic rings. The van der Waals surface area contributed by atoms with Gasteiger partial charge in [0.2, 0.25) is 5.91 Å². The van der Waals surface area contributed by atoms with Gasteiger partial charge in [-0.1, -0.05) is 0 Å². The number of carbonyl (C=O) groups excluding carboxylic acids is 2. The first-order valence-corrected chi connectivity index (χ1v) is 8.79. The van der Waals surface area contributed by atoms with Crippen molar-refractivity contribution in [1.82, 2.24) is 14.8 Å². The highest BCUT2D eigenvalue weighted by Crippen LogP contribution is 2.33. The quantitative estimate of drug-likeness (QED) is 0.816. The highest BCUT2D eigenvalue weighted by atomic mass is 16.5. The van der Waals surface area contributed by atoms with Gasteiger partial charge in [-0.3, -0.25) is 9.59 Å². The lowest BCUT2D eigenvalue weighted by atomic mass is 9.82. The fourth-order valence-corrected chi connectivity index (χ4v) is 3.97. The van der Waals surface area contributed by atoms with Gasteiger partial charge in [-0.25, -0.2) is 0 Å². The average molecular weight is 349 g/mol. The summed E-state index contributed by atoms with van der Waals surface area (Å²) < 4.78 is 7.80. The second-order valence-corrected chi connectivity index (χ2v) is 7.49. The van der Waals surface area contributed by atoms with E-state index in [0.717, 1.165) is 6.42 Å². The number of amides is 2. The predicted molar refractivity (Wildman–Crippen MR) is 92.0 cm³/mol. The van der Waals surface area contributed by atoms with E-state index in [9.17, 15) is 14.7 Å². The number of likely N-dealkylation sites (tertiary alicyclic amines) is 1. The molecular weight excluding hydrogens is 322 g/mol. The molecule has 0 aliphatic carbocycles. The van der Waals surface area contributed by atoms with Crippen LogP contribution in [0.15, 0.2) is 18.3 Å². The molecule has 0 unspecified atom stereocenters. The molecule has 4 atom stereocenters. The summed E-state index contributed by atoms with van der Waals surface area (Å²) in [6.45, 7) is 4.65. The number of nitrogens with one attached hydrogen (secondary N) is 1. The van der Waals surface area contributed by atoms with Gasteiger partial charge in [0.25, 0.3) is 5.91 Å². The number of aryl methyl sites for hydroxylation is 1. The van der Waals surface area contributed by atoms with Crippen LogP contribution in [0.1, 0.15) is 37.2 Å². The Bertz CT molecular complexity index is 655. The molecule has 2 amide bonds. The minimum atomic E-state index is -1.07. The average Bonchev–Trinajstić information content (AvgIpc) is 2.91. The van der Waals surface area contributed by atoms with Crippen LogP contribution in [0.3, 0.4) is 0 Å². The Kier molecular flexibility index (Phi) is 4.88. The summed E-state index contributed by atoms with van der Waals surface area (Å²) in [5.41, 5.74) is -0.404. The van der Waals surface area contributed by atoms with Crippen molar-refractivity contribution in [3.63, 3.8) is 0 Å². The lowest BCUT2D eigenvalue weighted by Crippen LogP contribution is -2.53. The summed E-state index contributed by atoms with van der Waals surface area (Å²) in [6, 6.07) is 3.24. The zero-order valence-corrected chi connectivity index (χ0v) is 15.1. The molecule has 0 saturated carbocycles. The van der Waals surface area contributed by atoms with Gasteiger partial charge >= 0.3 is 0 Å². The molecule has 3 rings (SSSR count). The molecule has 2 saturated heterocycles. The molecule has 138 valence electrons. The number of hydrogen-bond acceptors (Lipinski definition) is 4. The maximum atomic E-state index is 12.8. The second-order valence-electron chi connectivity index (χ2n) is 7.49. The Morgan fingerprint density at radius 3 is 2.84 bits per heavy atom. The summed E-state index contributed by atoms with van der Waals surface area (Å²) in [7, 11) is 1.86. The van der Waals surface area contributed by atoms with Crippen LogP contribution < -0.4 is 5.32 Å². The van der Waals surface area contributed by atoms with Crippen molar-refractivity contribution in [2.45, 2.75) is 44.4 Å². The molecule has 1 aromatic heterocycles. The molecule has 7 heteroatoms. The molecule has 0 radical (unpaired) electrons. The Balaban J connectivity index is 1.72. The van der Waals surface area contributed by atoms with E-state index < -0.39 is 11.6 Å². The Morgan fingerprint density at radius 2 is 2.20 bits per heavy atom. The molecule has 2 aliphatic heterocycles. The van der Waals surface area contributed by atoms with Crippen LogP contribution in [0.5, 0.6) is 0 Å². The van der Waals surface area contributed by atoms with E-state index in [4.69, 9.17) is 4.74 Å². The third-order valence-corrected chi connectivity index (χ3v) is 5.39. The van der Waals surface area contributed by atoms with E-state index in [1.807, 2.05) is 34.8 Å². The van der Waals surface area contributed by atoms with Crippen LogP contribution in [0.2, 0.25) is 0 Å². The largest absolute Gasteiger partial charge is 0.388 e. The Morgan fingerprint density at radius 1 is 1.44 bits per heavy atom. The Hall–Kier alpha value is -1.86. The van der Waals surface area contributed by atoms with Crippen LogP contribution in [0.25, 0.3) is 0 Å². The van der Waals surface area contributed by atoms with Crippen molar-refractivity contribution < 1.29 is 19.4 Å². The molecule has 7 nitrogen and oxygen atoms in total. The lowest BCUT2D eigenvalue weighted by molar-refractivity contribution is -0.122. The molecular formula is C18H27N3O4. The molecule has 3 heterocycles. The van der Waals surface area contributed by atoms with E-state index in [0.29, 0.717) is 31.8 Å². The lowest BCUT2D eigenvalue weighted by Gasteiger charge is -2.39. The number of aliphatic hydroxyl groups is 1. The number of piperidine rings is 1. The summed E-state index contributed by atoms with van der Waals surface area (Å²) in [5.74, 6) is -0.126. The topological polar surface area (TPSA) is 83.8 Å². The van der Waals surface area contributed by atoms with Crippen molar-refractivity contribution in [3.05, 3.63) is 24.0 Å². The number of hydrogen-bond donors (Lipinski definition) is 2. The monoisotopic (exact) mass is 349 g/mol. The molecule has 2 aliphatic rings. The molecule has 0 bridgehead atoms. The molecule has 0 spiro atoms. The van der Waals surface area contributed by atoms with Crippen molar-refractivity contribution in [1.29, 1.82) is 0 Å². The fraction of sp³-hybridized carbons (Fsp3) is 0.667. The number of ether oxygens (including phenoxy) is 1. The van der Waals surface area contributed by atoms with Gasteiger partial charge in [-0.2, -0.15) is 0 Å². The number of fused-ring (bicyclic) bond motifs is 1. The highest BCUT2D eigenvalue weighted by molar-refractivity contribution is 5.92. The Labute approximate surface area is 147 Å². The number of nitrogens with zero attached hydrogens (tertiary/aromatic N) is 2. The van der Waals surface area contributed by atoms with Gasteiger partial charge in [0.15, 0.2) is 0 Å². The highest BCUT2D eigenvalue weighted by Gasteiger charge is 2.44. The second kappa shape index (κ2) is 6.80. The standard InChI is InChI=1S/C18H27N3O4/c1-12(22)19-16-11-25-15-6-8-21(10-13(15)9-18(16,2)24)17(23)14-5-4-7-20(14)3/h4-5,7,13,15-16,24H,6,8-11H2,1-3H3,(H,19,22)/t13-,15+,16+,18+/m0/s1. The van der Waals surface area contributed by atoms with Crippen molar-refractivity contribution in [3.8, 4) is 0 Å². The fourth-order valence-electron chi connectivity index (χ4n) is 3.97. The van der Waals surface area contributed by atoms with Gasteiger partial charge in [0.05, 0.1) is 24.4 Å². The zero-order chi connectivity index (χ0) is 18.2. The zero-order valence-electron chi connectivity index (χ0n) is 15.1. The maximum Gasteiger partial charge on any atom is 0.270 e. The van der Waals surface area contributed by atoms with Crippen LogP contribution in [0, 0.1) is 5.92 Å². The van der Waals surface area contributed by atoms with E-state index in [1.165, 1.54) is 6.92 Å². The minimum absolute atomic E-state index is 0.00250. The van der Waals surface area contributed by atoms with Crippen LogP contribution in [0.4, 0.5) is 0 Å². The summed E-state index contributed by atoms with van der Waals surface area (Å²) >= 11 is 0. The van der Waals surface area contributed by atoms with Crippen molar-refractivity contribution >= 4 is 11.8 Å². The molecule has 2 N–H and O–H groups in total. The summed E-state index contributed by atoms with van der Waals surface area (Å²) in [6.07, 6.45) is 3.09. The van der Waals surface area contributed by atoms with E-state index >= 15 is 0 Å². The first-order chi connectivity index (χ1) is 11.8. The summed E-state index contributed by atoms with van der Waals surface area (Å²) in [5, 5.41) is 13.6. The van der Waals surface area contributed by atoms with Crippen molar-refractivity contribution in [2.24, 2.45) is 13.0 Å². The van der Waals surface area contributed by atoms with Gasteiger partial charge in [0.1, 0.15) is 5.69 Å². The third kappa shape index (κ3) is 3.72. The minimum Gasteiger partial charge on any atom is -0.388 e. The smallest absolute Gasteiger partial charge is 0.270 e.